The third-order valence-corrected chi connectivity index (χ3v) is 6.22. The van der Waals surface area contributed by atoms with Crippen molar-refractivity contribution in [1.29, 1.82) is 0 Å². The maximum atomic E-state index is 13.4. The lowest BCUT2D eigenvalue weighted by Crippen LogP contribution is -2.61. The van der Waals surface area contributed by atoms with Crippen LogP contribution in [0.4, 0.5) is 10.1 Å². The van der Waals surface area contributed by atoms with Gasteiger partial charge in [-0.25, -0.2) is 4.39 Å². The van der Waals surface area contributed by atoms with Gasteiger partial charge < -0.3 is 25.3 Å². The largest absolute Gasteiger partial charge is 0.390 e. The first-order valence-electron chi connectivity index (χ1n) is 9.87. The molecule has 5 atom stereocenters. The third kappa shape index (κ3) is 3.78. The maximum absolute atomic E-state index is 13.4. The molecule has 3 N–H and O–H groups in total. The minimum Gasteiger partial charge on any atom is -0.390 e. The molecule has 0 bridgehead atoms. The molecule has 0 aromatic heterocycles. The second-order valence-electron chi connectivity index (χ2n) is 7.89. The number of fused-ring (bicyclic) bond motifs is 1. The van der Waals surface area contributed by atoms with E-state index in [0.717, 1.165) is 5.56 Å². The highest BCUT2D eigenvalue weighted by Crippen LogP contribution is 2.37. The highest BCUT2D eigenvalue weighted by molar-refractivity contribution is 7.80. The number of halogens is 1. The van der Waals surface area contributed by atoms with Gasteiger partial charge in [-0.05, 0) is 48.5 Å². The zero-order valence-corrected chi connectivity index (χ0v) is 17.3. The van der Waals surface area contributed by atoms with Gasteiger partial charge in [-0.15, -0.1) is 0 Å². The number of carbonyl (C=O) groups is 1. The summed E-state index contributed by atoms with van der Waals surface area (Å²) in [4.78, 5) is 16.8. The SMILES string of the molecule is CN(Cc1ccccc1)C(=O)[C@H]1C[C@@H](O)[C@H](O)[C@H]2NC(=S)N(c3ccc(F)cc3)[C@@H]21. The predicted molar refractivity (Wildman–Crippen MR) is 115 cm³/mol. The number of benzene rings is 2. The summed E-state index contributed by atoms with van der Waals surface area (Å²) in [5.41, 5.74) is 1.63. The number of hydrogen-bond donors (Lipinski definition) is 3. The van der Waals surface area contributed by atoms with Crippen molar-refractivity contribution in [2.75, 3.05) is 11.9 Å². The van der Waals surface area contributed by atoms with Crippen LogP contribution in [0.25, 0.3) is 0 Å². The van der Waals surface area contributed by atoms with E-state index < -0.39 is 30.2 Å². The molecule has 4 rings (SSSR count). The highest BCUT2D eigenvalue weighted by atomic mass is 32.1. The van der Waals surface area contributed by atoms with E-state index in [-0.39, 0.29) is 18.1 Å². The number of carbonyl (C=O) groups excluding carboxylic acids is 1. The summed E-state index contributed by atoms with van der Waals surface area (Å²) < 4.78 is 13.4. The molecule has 8 heteroatoms. The van der Waals surface area contributed by atoms with E-state index in [1.54, 1.807) is 29.0 Å². The molecule has 0 spiro atoms. The Morgan fingerprint density at radius 2 is 1.87 bits per heavy atom. The fourth-order valence-corrected chi connectivity index (χ4v) is 4.81. The van der Waals surface area contributed by atoms with Crippen molar-refractivity contribution in [3.63, 3.8) is 0 Å². The van der Waals surface area contributed by atoms with Gasteiger partial charge in [0.1, 0.15) is 11.9 Å². The van der Waals surface area contributed by atoms with Gasteiger partial charge >= 0.3 is 0 Å². The first-order valence-corrected chi connectivity index (χ1v) is 10.3. The van der Waals surface area contributed by atoms with E-state index in [1.165, 1.54) is 12.1 Å². The second-order valence-corrected chi connectivity index (χ2v) is 8.28. The summed E-state index contributed by atoms with van der Waals surface area (Å²) in [5.74, 6) is -1.11. The highest BCUT2D eigenvalue weighted by Gasteiger charge is 2.54. The molecule has 1 saturated heterocycles. The molecule has 1 heterocycles. The van der Waals surface area contributed by atoms with Crippen LogP contribution in [0.3, 0.4) is 0 Å². The van der Waals surface area contributed by atoms with E-state index in [0.29, 0.717) is 17.3 Å². The van der Waals surface area contributed by atoms with Crippen LogP contribution in [0.15, 0.2) is 54.6 Å². The van der Waals surface area contributed by atoms with E-state index >= 15 is 0 Å². The number of anilines is 1. The minimum absolute atomic E-state index is 0.113. The molecule has 0 radical (unpaired) electrons. The Hall–Kier alpha value is -2.55. The van der Waals surface area contributed by atoms with Gasteiger partial charge in [0.05, 0.1) is 24.1 Å². The normalized spacial score (nSPS) is 28.1. The molecule has 0 unspecified atom stereocenters. The molecular weight excluding hydrogens is 405 g/mol. The first kappa shape index (κ1) is 20.7. The van der Waals surface area contributed by atoms with Gasteiger partial charge in [0.2, 0.25) is 5.91 Å². The summed E-state index contributed by atoms with van der Waals surface area (Å²) in [5, 5.41) is 24.4. The maximum Gasteiger partial charge on any atom is 0.228 e. The molecule has 6 nitrogen and oxygen atoms in total. The zero-order valence-electron chi connectivity index (χ0n) is 16.5. The third-order valence-electron chi connectivity index (χ3n) is 5.91. The number of aliphatic hydroxyl groups excluding tert-OH is 2. The van der Waals surface area contributed by atoms with Gasteiger partial charge in [-0.1, -0.05) is 30.3 Å². The van der Waals surface area contributed by atoms with Crippen molar-refractivity contribution in [2.45, 2.75) is 37.3 Å². The average Bonchev–Trinajstić information content (AvgIpc) is 3.09. The smallest absolute Gasteiger partial charge is 0.228 e. The van der Waals surface area contributed by atoms with Crippen LogP contribution >= 0.6 is 12.2 Å². The Kier molecular flexibility index (Phi) is 5.73. The van der Waals surface area contributed by atoms with Crippen LogP contribution in [0, 0.1) is 11.7 Å². The van der Waals surface area contributed by atoms with E-state index in [4.69, 9.17) is 12.2 Å². The molecule has 2 aliphatic rings. The number of nitrogens with one attached hydrogen (secondary N) is 1. The number of hydrogen-bond acceptors (Lipinski definition) is 4. The topological polar surface area (TPSA) is 76.0 Å². The van der Waals surface area contributed by atoms with E-state index in [1.807, 2.05) is 30.3 Å². The summed E-state index contributed by atoms with van der Waals surface area (Å²) >= 11 is 5.47. The van der Waals surface area contributed by atoms with Crippen molar-refractivity contribution in [3.05, 3.63) is 66.0 Å². The summed E-state index contributed by atoms with van der Waals surface area (Å²) in [6.07, 6.45) is -2.00. The lowest BCUT2D eigenvalue weighted by Gasteiger charge is -2.42. The fourth-order valence-electron chi connectivity index (χ4n) is 4.45. The number of amides is 1. The molecule has 1 saturated carbocycles. The quantitative estimate of drug-likeness (QED) is 0.642. The lowest BCUT2D eigenvalue weighted by atomic mass is 9.77. The van der Waals surface area contributed by atoms with Gasteiger partial charge in [-0.2, -0.15) is 0 Å². The number of nitrogens with zero attached hydrogens (tertiary/aromatic N) is 2. The Morgan fingerprint density at radius 3 is 2.53 bits per heavy atom. The Balaban J connectivity index is 1.64. The minimum atomic E-state index is -1.07. The van der Waals surface area contributed by atoms with Gasteiger partial charge in [-0.3, -0.25) is 4.79 Å². The first-order chi connectivity index (χ1) is 14.4. The summed E-state index contributed by atoms with van der Waals surface area (Å²) in [7, 11) is 1.73. The predicted octanol–water partition coefficient (Wildman–Crippen LogP) is 1.66. The van der Waals surface area contributed by atoms with Gasteiger partial charge in [0, 0.05) is 19.3 Å². The van der Waals surface area contributed by atoms with Crippen molar-refractivity contribution < 1.29 is 19.4 Å². The molecule has 2 aromatic rings. The Morgan fingerprint density at radius 1 is 1.20 bits per heavy atom. The van der Waals surface area contributed by atoms with E-state index in [9.17, 15) is 19.4 Å². The number of rotatable bonds is 4. The standard InChI is InChI=1S/C22H24FN3O3S/c1-25(12-13-5-3-2-4-6-13)21(29)16-11-17(27)20(28)18-19(16)26(22(30)24-18)15-9-7-14(23)8-10-15/h2-10,16-20,27-28H,11-12H2,1H3,(H,24,30)/t16-,17+,18-,19+,20-/m0/s1. The van der Waals surface area contributed by atoms with Crippen LogP contribution in [0.1, 0.15) is 12.0 Å². The van der Waals surface area contributed by atoms with Crippen LogP contribution in [-0.2, 0) is 11.3 Å². The van der Waals surface area contributed by atoms with E-state index in [2.05, 4.69) is 5.32 Å². The van der Waals surface area contributed by atoms with Crippen molar-refractivity contribution in [2.24, 2.45) is 5.92 Å². The Bertz CT molecular complexity index is 927. The van der Waals surface area contributed by atoms with Crippen molar-refractivity contribution in [1.82, 2.24) is 10.2 Å². The number of aliphatic hydroxyl groups is 2. The molecule has 1 amide bonds. The monoisotopic (exact) mass is 429 g/mol. The van der Waals surface area contributed by atoms with Gasteiger partial charge in [0.15, 0.2) is 5.11 Å². The molecule has 158 valence electrons. The number of thiocarbonyl (C=S) groups is 1. The van der Waals surface area contributed by atoms with Crippen LogP contribution in [0.2, 0.25) is 0 Å². The molecule has 1 aliphatic carbocycles. The zero-order chi connectivity index (χ0) is 21.4. The Labute approximate surface area is 179 Å². The summed E-state index contributed by atoms with van der Waals surface area (Å²) in [6, 6.07) is 14.4. The molecule has 1 aliphatic heterocycles. The molecule has 2 fully saturated rings. The lowest BCUT2D eigenvalue weighted by molar-refractivity contribution is -0.141. The molecule has 30 heavy (non-hydrogen) atoms. The summed E-state index contributed by atoms with van der Waals surface area (Å²) in [6.45, 7) is 0.431. The fraction of sp³-hybridized carbons (Fsp3) is 0.364. The van der Waals surface area contributed by atoms with Gasteiger partial charge in [0.25, 0.3) is 0 Å². The average molecular weight is 430 g/mol. The molecular formula is C22H24FN3O3S. The van der Waals surface area contributed by atoms with Crippen molar-refractivity contribution >= 4 is 28.9 Å². The molecule has 2 aromatic carbocycles. The second kappa shape index (κ2) is 8.29. The van der Waals surface area contributed by atoms with Crippen LogP contribution in [-0.4, -0.2) is 57.5 Å². The van der Waals surface area contributed by atoms with Crippen LogP contribution in [0.5, 0.6) is 0 Å². The van der Waals surface area contributed by atoms with Crippen molar-refractivity contribution in [3.8, 4) is 0 Å². The van der Waals surface area contributed by atoms with Crippen LogP contribution < -0.4 is 10.2 Å².